The summed E-state index contributed by atoms with van der Waals surface area (Å²) in [7, 11) is 0. The maximum absolute atomic E-state index is 13.3. The summed E-state index contributed by atoms with van der Waals surface area (Å²) in [6, 6.07) is 12.9. The number of nitriles is 1. The Bertz CT molecular complexity index is 1250. The molecule has 0 radical (unpaired) electrons. The molecule has 2 aromatic heterocycles. The number of hydrogen-bond acceptors (Lipinski definition) is 7. The Kier molecular flexibility index (Phi) is 8.68. The fraction of sp³-hybridized carbons (Fsp3) is 0.393. The standard InChI is InChI=1S/C28H32N4O2S2/c1-17(2)26(27(34)31-16-21(30)18-9-6-7-12-23(18)33)36-28-20(15-29)25(24-13-8-14-35-24)19-10-4-3-5-11-22(19)32-28/h6-9,12-14,17,21,26,33H,3-5,10-11,16,30H2,1-2H3,(H,31,34)/t21-,26+/m1/s1. The highest BCUT2D eigenvalue weighted by molar-refractivity contribution is 8.00. The van der Waals surface area contributed by atoms with Gasteiger partial charge in [0.25, 0.3) is 0 Å². The Hall–Kier alpha value is -2.86. The first kappa shape index (κ1) is 26.2. The van der Waals surface area contributed by atoms with Crippen LogP contribution in [0.3, 0.4) is 0 Å². The number of phenols is 1. The number of pyridine rings is 1. The number of para-hydroxylation sites is 1. The monoisotopic (exact) mass is 520 g/mol. The normalized spacial score (nSPS) is 15.0. The van der Waals surface area contributed by atoms with Gasteiger partial charge in [0.15, 0.2) is 0 Å². The third-order valence-electron chi connectivity index (χ3n) is 6.51. The third kappa shape index (κ3) is 5.75. The average molecular weight is 521 g/mol. The molecule has 0 fully saturated rings. The highest BCUT2D eigenvalue weighted by Crippen LogP contribution is 2.41. The average Bonchev–Trinajstić information content (AvgIpc) is 3.30. The molecule has 0 bridgehead atoms. The minimum atomic E-state index is -0.529. The van der Waals surface area contributed by atoms with Crippen LogP contribution >= 0.6 is 23.1 Å². The van der Waals surface area contributed by atoms with Gasteiger partial charge < -0.3 is 16.2 Å². The molecule has 1 aliphatic carbocycles. The van der Waals surface area contributed by atoms with Gasteiger partial charge in [-0.3, -0.25) is 4.79 Å². The number of aromatic hydroxyl groups is 1. The lowest BCUT2D eigenvalue weighted by molar-refractivity contribution is -0.121. The van der Waals surface area contributed by atoms with Gasteiger partial charge in [0.05, 0.1) is 16.9 Å². The number of aromatic nitrogens is 1. The molecular formula is C28H32N4O2S2. The van der Waals surface area contributed by atoms with Crippen LogP contribution in [-0.2, 0) is 17.6 Å². The number of nitrogens with two attached hydrogens (primary N) is 1. The quantitative estimate of drug-likeness (QED) is 0.264. The molecule has 6 nitrogen and oxygen atoms in total. The van der Waals surface area contributed by atoms with Crippen LogP contribution in [0.1, 0.15) is 61.5 Å². The van der Waals surface area contributed by atoms with Crippen molar-refractivity contribution in [3.8, 4) is 22.3 Å². The van der Waals surface area contributed by atoms with Crippen molar-refractivity contribution in [3.05, 3.63) is 64.2 Å². The first-order chi connectivity index (χ1) is 17.4. The first-order valence-electron chi connectivity index (χ1n) is 12.4. The van der Waals surface area contributed by atoms with E-state index in [0.29, 0.717) is 16.2 Å². The van der Waals surface area contributed by atoms with Gasteiger partial charge in [0.1, 0.15) is 16.8 Å². The second-order valence-corrected chi connectivity index (χ2v) is 11.5. The zero-order valence-corrected chi connectivity index (χ0v) is 22.3. The minimum Gasteiger partial charge on any atom is -0.508 e. The molecule has 2 heterocycles. The number of aryl methyl sites for hydroxylation is 1. The fourth-order valence-electron chi connectivity index (χ4n) is 4.61. The summed E-state index contributed by atoms with van der Waals surface area (Å²) < 4.78 is 0. The summed E-state index contributed by atoms with van der Waals surface area (Å²) in [4.78, 5) is 19.4. The lowest BCUT2D eigenvalue weighted by Gasteiger charge is -2.23. The zero-order valence-electron chi connectivity index (χ0n) is 20.7. The number of nitrogens with one attached hydrogen (secondary N) is 1. The lowest BCUT2D eigenvalue weighted by atomic mass is 9.97. The molecule has 0 unspecified atom stereocenters. The van der Waals surface area contributed by atoms with Crippen LogP contribution in [0.4, 0.5) is 0 Å². The number of amides is 1. The van der Waals surface area contributed by atoms with E-state index in [1.807, 2.05) is 31.4 Å². The Morgan fingerprint density at radius 1 is 1.22 bits per heavy atom. The van der Waals surface area contributed by atoms with Crippen molar-refractivity contribution in [1.29, 1.82) is 5.26 Å². The van der Waals surface area contributed by atoms with Gasteiger partial charge in [0.2, 0.25) is 5.91 Å². The van der Waals surface area contributed by atoms with E-state index in [1.165, 1.54) is 17.3 Å². The number of fused-ring (bicyclic) bond motifs is 1. The molecule has 1 aliphatic rings. The Balaban J connectivity index is 1.62. The van der Waals surface area contributed by atoms with Crippen molar-refractivity contribution in [2.24, 2.45) is 11.7 Å². The summed E-state index contributed by atoms with van der Waals surface area (Å²) >= 11 is 3.00. The topological polar surface area (TPSA) is 112 Å². The molecule has 0 saturated heterocycles. The maximum Gasteiger partial charge on any atom is 0.233 e. The molecule has 0 aliphatic heterocycles. The van der Waals surface area contributed by atoms with E-state index in [9.17, 15) is 15.2 Å². The summed E-state index contributed by atoms with van der Waals surface area (Å²) in [6.45, 7) is 4.19. The van der Waals surface area contributed by atoms with Crippen molar-refractivity contribution in [3.63, 3.8) is 0 Å². The molecule has 1 aromatic carbocycles. The second-order valence-electron chi connectivity index (χ2n) is 9.43. The van der Waals surface area contributed by atoms with Gasteiger partial charge in [0, 0.05) is 28.2 Å². The molecule has 36 heavy (non-hydrogen) atoms. The zero-order chi connectivity index (χ0) is 25.7. The van der Waals surface area contributed by atoms with Crippen LogP contribution in [0.5, 0.6) is 5.75 Å². The van der Waals surface area contributed by atoms with Crippen molar-refractivity contribution >= 4 is 29.0 Å². The number of rotatable bonds is 8. The Morgan fingerprint density at radius 3 is 2.69 bits per heavy atom. The predicted octanol–water partition coefficient (Wildman–Crippen LogP) is 5.59. The summed E-state index contributed by atoms with van der Waals surface area (Å²) in [5.41, 5.74) is 10.6. The van der Waals surface area contributed by atoms with Crippen LogP contribution in [0.2, 0.25) is 0 Å². The van der Waals surface area contributed by atoms with Crippen LogP contribution in [0.15, 0.2) is 46.8 Å². The van der Waals surface area contributed by atoms with E-state index >= 15 is 0 Å². The Morgan fingerprint density at radius 2 is 2.00 bits per heavy atom. The van der Waals surface area contributed by atoms with Gasteiger partial charge in [-0.1, -0.05) is 56.3 Å². The molecule has 2 atom stereocenters. The molecule has 0 saturated carbocycles. The van der Waals surface area contributed by atoms with Gasteiger partial charge in [-0.05, 0) is 54.7 Å². The van der Waals surface area contributed by atoms with Crippen molar-refractivity contribution in [2.75, 3.05) is 6.54 Å². The Labute approximate surface area is 221 Å². The third-order valence-corrected chi connectivity index (χ3v) is 8.92. The number of hydrogen-bond donors (Lipinski definition) is 3. The van der Waals surface area contributed by atoms with Crippen LogP contribution < -0.4 is 11.1 Å². The second kappa shape index (κ2) is 11.9. The van der Waals surface area contributed by atoms with Crippen LogP contribution in [0.25, 0.3) is 10.4 Å². The number of benzene rings is 1. The number of thioether (sulfide) groups is 1. The number of carbonyl (C=O) groups is 1. The van der Waals surface area contributed by atoms with Crippen LogP contribution in [-0.4, -0.2) is 27.8 Å². The number of carbonyl (C=O) groups excluding carboxylic acids is 1. The van der Waals surface area contributed by atoms with E-state index in [-0.39, 0.29) is 24.1 Å². The maximum atomic E-state index is 13.3. The molecule has 188 valence electrons. The highest BCUT2D eigenvalue weighted by atomic mass is 32.2. The predicted molar refractivity (Wildman–Crippen MR) is 146 cm³/mol. The molecule has 4 rings (SSSR count). The SMILES string of the molecule is CC(C)[C@H](Sc1nc2c(c(-c3cccs3)c1C#N)CCCCC2)C(=O)NC[C@@H](N)c1ccccc1O. The van der Waals surface area contributed by atoms with Crippen molar-refractivity contribution in [1.82, 2.24) is 10.3 Å². The largest absolute Gasteiger partial charge is 0.508 e. The summed E-state index contributed by atoms with van der Waals surface area (Å²) in [5.74, 6) is -0.0316. The van der Waals surface area contributed by atoms with E-state index in [1.54, 1.807) is 29.5 Å². The first-order valence-corrected chi connectivity index (χ1v) is 14.1. The minimum absolute atomic E-state index is 0.00805. The van der Waals surface area contributed by atoms with E-state index in [2.05, 4.69) is 17.5 Å². The summed E-state index contributed by atoms with van der Waals surface area (Å²) in [6.07, 6.45) is 5.14. The van der Waals surface area contributed by atoms with Gasteiger partial charge >= 0.3 is 0 Å². The molecular weight excluding hydrogens is 488 g/mol. The molecule has 8 heteroatoms. The van der Waals surface area contributed by atoms with Crippen molar-refractivity contribution in [2.45, 2.75) is 62.3 Å². The van der Waals surface area contributed by atoms with Gasteiger partial charge in [-0.25, -0.2) is 4.98 Å². The van der Waals surface area contributed by atoms with Gasteiger partial charge in [-0.15, -0.1) is 11.3 Å². The van der Waals surface area contributed by atoms with E-state index < -0.39 is 11.3 Å². The molecule has 1 amide bonds. The number of phenolic OH excluding ortho intramolecular Hbond substituents is 1. The highest BCUT2D eigenvalue weighted by Gasteiger charge is 2.29. The van der Waals surface area contributed by atoms with Gasteiger partial charge in [-0.2, -0.15) is 5.26 Å². The van der Waals surface area contributed by atoms with Crippen molar-refractivity contribution < 1.29 is 9.90 Å². The number of thiophene rings is 1. The summed E-state index contributed by atoms with van der Waals surface area (Å²) in [5, 5.41) is 25.5. The molecule has 4 N–H and O–H groups in total. The number of nitrogens with zero attached hydrogens (tertiary/aromatic N) is 2. The van der Waals surface area contributed by atoms with Crippen LogP contribution in [0, 0.1) is 17.2 Å². The molecule has 0 spiro atoms. The molecule has 3 aromatic rings. The lowest BCUT2D eigenvalue weighted by Crippen LogP contribution is -2.39. The van der Waals surface area contributed by atoms with E-state index in [0.717, 1.165) is 48.2 Å². The van der Waals surface area contributed by atoms with E-state index in [4.69, 9.17) is 10.7 Å². The fourth-order valence-corrected chi connectivity index (χ4v) is 6.55. The smallest absolute Gasteiger partial charge is 0.233 e.